The zero-order valence-electron chi connectivity index (χ0n) is 10.9. The van der Waals surface area contributed by atoms with Crippen LogP contribution >= 0.6 is 0 Å². The summed E-state index contributed by atoms with van der Waals surface area (Å²) in [6.07, 6.45) is 4.99. The third kappa shape index (κ3) is 3.13. The molecule has 3 N–H and O–H groups in total. The molecule has 18 heavy (non-hydrogen) atoms. The van der Waals surface area contributed by atoms with E-state index in [1.165, 1.54) is 12.8 Å². The summed E-state index contributed by atoms with van der Waals surface area (Å²) in [5.74, 6) is 0.707. The molecule has 1 heterocycles. The van der Waals surface area contributed by atoms with E-state index in [1.54, 1.807) is 23.9 Å². The monoisotopic (exact) mass is 271 g/mol. The average molecular weight is 271 g/mol. The summed E-state index contributed by atoms with van der Waals surface area (Å²) in [5, 5.41) is 0. The molecule has 102 valence electrons. The second kappa shape index (κ2) is 5.03. The van der Waals surface area contributed by atoms with E-state index in [9.17, 15) is 8.42 Å². The predicted molar refractivity (Wildman–Crippen MR) is 70.4 cm³/mol. The van der Waals surface area contributed by atoms with Crippen LogP contribution in [-0.2, 0) is 23.6 Å². The van der Waals surface area contributed by atoms with Gasteiger partial charge in [-0.15, -0.1) is 0 Å². The Hall–Kier alpha value is -0.850. The average Bonchev–Trinajstić information content (AvgIpc) is 2.97. The lowest BCUT2D eigenvalue weighted by Gasteiger charge is -2.12. The van der Waals surface area contributed by atoms with Gasteiger partial charge in [0.2, 0.25) is 10.0 Å². The van der Waals surface area contributed by atoms with Crippen LogP contribution in [0.4, 0.5) is 0 Å². The summed E-state index contributed by atoms with van der Waals surface area (Å²) in [6, 6.07) is 1.62. The first-order chi connectivity index (χ1) is 8.42. The van der Waals surface area contributed by atoms with Gasteiger partial charge < -0.3 is 10.3 Å². The quantitative estimate of drug-likeness (QED) is 0.808. The lowest BCUT2D eigenvalue weighted by Crippen LogP contribution is -2.32. The predicted octanol–water partition coefficient (Wildman–Crippen LogP) is 0.951. The molecular weight excluding hydrogens is 250 g/mol. The molecule has 5 nitrogen and oxygen atoms in total. The first-order valence-electron chi connectivity index (χ1n) is 6.30. The normalized spacial score (nSPS) is 17.9. The number of aryl methyl sites for hydroxylation is 1. The van der Waals surface area contributed by atoms with Crippen LogP contribution < -0.4 is 10.5 Å². The van der Waals surface area contributed by atoms with E-state index in [0.29, 0.717) is 17.4 Å². The number of hydrogen-bond acceptors (Lipinski definition) is 3. The van der Waals surface area contributed by atoms with Gasteiger partial charge in [0.1, 0.15) is 0 Å². The Bertz CT molecular complexity index is 517. The smallest absolute Gasteiger partial charge is 0.242 e. The molecule has 0 aliphatic heterocycles. The van der Waals surface area contributed by atoms with Crippen LogP contribution in [-0.4, -0.2) is 19.0 Å². The summed E-state index contributed by atoms with van der Waals surface area (Å²) in [7, 11) is -1.62. The third-order valence-electron chi connectivity index (χ3n) is 3.34. The van der Waals surface area contributed by atoms with Gasteiger partial charge in [0.15, 0.2) is 0 Å². The SMILES string of the molecule is CC(CC1CC1)NS(=O)(=O)c1cc(CN)n(C)c1. The maximum Gasteiger partial charge on any atom is 0.242 e. The second-order valence-corrected chi connectivity index (χ2v) is 6.90. The molecule has 0 bridgehead atoms. The topological polar surface area (TPSA) is 77.1 Å². The van der Waals surface area contributed by atoms with Gasteiger partial charge in [-0.2, -0.15) is 0 Å². The largest absolute Gasteiger partial charge is 0.352 e. The highest BCUT2D eigenvalue weighted by atomic mass is 32.2. The van der Waals surface area contributed by atoms with Crippen LogP contribution in [0.25, 0.3) is 0 Å². The van der Waals surface area contributed by atoms with Gasteiger partial charge in [-0.05, 0) is 25.3 Å². The Balaban J connectivity index is 2.08. The minimum atomic E-state index is -3.42. The summed E-state index contributed by atoms with van der Waals surface area (Å²) >= 11 is 0. The van der Waals surface area contributed by atoms with Gasteiger partial charge in [0, 0.05) is 31.5 Å². The molecule has 1 aliphatic rings. The zero-order valence-corrected chi connectivity index (χ0v) is 11.7. The van der Waals surface area contributed by atoms with Crippen LogP contribution in [0.15, 0.2) is 17.2 Å². The molecule has 1 aliphatic carbocycles. The van der Waals surface area contributed by atoms with Crippen LogP contribution in [0, 0.1) is 5.92 Å². The highest BCUT2D eigenvalue weighted by Gasteiger charge is 2.26. The van der Waals surface area contributed by atoms with Crippen LogP contribution in [0.2, 0.25) is 0 Å². The molecule has 6 heteroatoms. The number of nitrogens with two attached hydrogens (primary N) is 1. The van der Waals surface area contributed by atoms with E-state index in [4.69, 9.17) is 5.73 Å². The molecule has 1 aromatic rings. The van der Waals surface area contributed by atoms with Crippen molar-refractivity contribution in [1.82, 2.24) is 9.29 Å². The number of sulfonamides is 1. The zero-order chi connectivity index (χ0) is 13.3. The van der Waals surface area contributed by atoms with E-state index in [2.05, 4.69) is 4.72 Å². The maximum atomic E-state index is 12.2. The van der Waals surface area contributed by atoms with Gasteiger partial charge in [-0.1, -0.05) is 12.8 Å². The molecule has 0 saturated heterocycles. The minimum absolute atomic E-state index is 0.0102. The maximum absolute atomic E-state index is 12.2. The summed E-state index contributed by atoms with van der Waals surface area (Å²) in [4.78, 5) is 0.299. The number of nitrogens with one attached hydrogen (secondary N) is 1. The van der Waals surface area contributed by atoms with Crippen molar-refractivity contribution in [3.05, 3.63) is 18.0 Å². The van der Waals surface area contributed by atoms with Crippen molar-refractivity contribution in [2.75, 3.05) is 0 Å². The minimum Gasteiger partial charge on any atom is -0.352 e. The van der Waals surface area contributed by atoms with E-state index < -0.39 is 10.0 Å². The number of rotatable bonds is 6. The number of aromatic nitrogens is 1. The molecule has 0 spiro atoms. The first-order valence-corrected chi connectivity index (χ1v) is 7.78. The van der Waals surface area contributed by atoms with Crippen molar-refractivity contribution in [2.24, 2.45) is 18.7 Å². The molecule has 0 aromatic carbocycles. The third-order valence-corrected chi connectivity index (χ3v) is 4.90. The number of nitrogens with zero attached hydrogens (tertiary/aromatic N) is 1. The summed E-state index contributed by atoms with van der Waals surface area (Å²) in [6.45, 7) is 2.26. The lowest BCUT2D eigenvalue weighted by molar-refractivity contribution is 0.530. The Kier molecular flexibility index (Phi) is 3.79. The van der Waals surface area contributed by atoms with Crippen molar-refractivity contribution in [3.8, 4) is 0 Å². The van der Waals surface area contributed by atoms with Crippen molar-refractivity contribution < 1.29 is 8.42 Å². The fraction of sp³-hybridized carbons (Fsp3) is 0.667. The summed E-state index contributed by atoms with van der Waals surface area (Å²) in [5.41, 5.74) is 6.36. The van der Waals surface area contributed by atoms with Crippen molar-refractivity contribution in [1.29, 1.82) is 0 Å². The lowest BCUT2D eigenvalue weighted by atomic mass is 10.2. The van der Waals surface area contributed by atoms with E-state index >= 15 is 0 Å². The van der Waals surface area contributed by atoms with Gasteiger partial charge in [0.25, 0.3) is 0 Å². The molecule has 1 unspecified atom stereocenters. The van der Waals surface area contributed by atoms with Gasteiger partial charge in [0.05, 0.1) is 4.90 Å². The van der Waals surface area contributed by atoms with Crippen molar-refractivity contribution >= 4 is 10.0 Å². The fourth-order valence-corrected chi connectivity index (χ4v) is 3.51. The Labute approximate surface area is 108 Å². The van der Waals surface area contributed by atoms with E-state index in [1.807, 2.05) is 6.92 Å². The second-order valence-electron chi connectivity index (χ2n) is 5.18. The molecule has 1 aromatic heterocycles. The Morgan fingerprint density at radius 3 is 2.72 bits per heavy atom. The molecular formula is C12H21N3O2S. The van der Waals surface area contributed by atoms with Gasteiger partial charge in [-0.25, -0.2) is 13.1 Å². The molecule has 0 amide bonds. The Morgan fingerprint density at radius 1 is 1.56 bits per heavy atom. The fourth-order valence-electron chi connectivity index (χ4n) is 2.16. The van der Waals surface area contributed by atoms with Gasteiger partial charge >= 0.3 is 0 Å². The molecule has 0 radical (unpaired) electrons. The highest BCUT2D eigenvalue weighted by Crippen LogP contribution is 2.33. The van der Waals surface area contributed by atoms with Crippen LogP contribution in [0.5, 0.6) is 0 Å². The highest BCUT2D eigenvalue weighted by molar-refractivity contribution is 7.89. The van der Waals surface area contributed by atoms with Crippen LogP contribution in [0.1, 0.15) is 31.9 Å². The molecule has 1 atom stereocenters. The van der Waals surface area contributed by atoms with Crippen molar-refractivity contribution in [2.45, 2.75) is 43.7 Å². The van der Waals surface area contributed by atoms with Crippen LogP contribution in [0.3, 0.4) is 0 Å². The van der Waals surface area contributed by atoms with Crippen molar-refractivity contribution in [3.63, 3.8) is 0 Å². The van der Waals surface area contributed by atoms with Gasteiger partial charge in [-0.3, -0.25) is 0 Å². The van der Waals surface area contributed by atoms with E-state index in [0.717, 1.165) is 12.1 Å². The molecule has 1 saturated carbocycles. The summed E-state index contributed by atoms with van der Waals surface area (Å²) < 4.78 is 28.8. The standard InChI is InChI=1S/C12H21N3O2S/c1-9(5-10-3-4-10)14-18(16,17)12-6-11(7-13)15(2)8-12/h6,8-10,14H,3-5,7,13H2,1-2H3. The Morgan fingerprint density at radius 2 is 2.22 bits per heavy atom. The molecule has 1 fully saturated rings. The molecule has 2 rings (SSSR count). The first kappa shape index (κ1) is 13.6. The van der Waals surface area contributed by atoms with E-state index in [-0.39, 0.29) is 6.04 Å². The number of hydrogen-bond donors (Lipinski definition) is 2.